The number of hydrogen-bond acceptors (Lipinski definition) is 4. The van der Waals surface area contributed by atoms with Crippen LogP contribution in [-0.2, 0) is 0 Å². The highest BCUT2D eigenvalue weighted by Gasteiger charge is 2.18. The highest BCUT2D eigenvalue weighted by atomic mass is 15.1. The summed E-state index contributed by atoms with van der Waals surface area (Å²) in [6, 6.07) is 38.4. The number of rotatable bonds is 6. The lowest BCUT2D eigenvalue weighted by molar-refractivity contribution is 1.09. The Labute approximate surface area is 246 Å². The van der Waals surface area contributed by atoms with Crippen LogP contribution in [-0.4, -0.2) is 21.5 Å². The molecule has 0 unspecified atom stereocenters. The lowest BCUT2D eigenvalue weighted by atomic mass is 9.93. The van der Waals surface area contributed by atoms with Crippen molar-refractivity contribution in [1.82, 2.24) is 15.0 Å². The first-order valence-corrected chi connectivity index (χ1v) is 14.0. The van der Waals surface area contributed by atoms with E-state index in [0.29, 0.717) is 0 Å². The predicted octanol–water partition coefficient (Wildman–Crippen LogP) is 8.82. The monoisotopic (exact) mass is 540 g/mol. The largest absolute Gasteiger partial charge is 0.343 e. The summed E-state index contributed by atoms with van der Waals surface area (Å²) in [6.45, 7) is 0.749. The fraction of sp³-hybridized carbons (Fsp3) is 0.0263. The first-order valence-electron chi connectivity index (χ1n) is 14.0. The van der Waals surface area contributed by atoms with Gasteiger partial charge in [-0.05, 0) is 87.5 Å². The molecule has 6 aromatic rings. The average Bonchev–Trinajstić information content (AvgIpc) is 3.09. The Balaban J connectivity index is 1.32. The molecule has 0 amide bonds. The van der Waals surface area contributed by atoms with E-state index in [9.17, 15) is 0 Å². The highest BCUT2D eigenvalue weighted by molar-refractivity contribution is 5.91. The van der Waals surface area contributed by atoms with Crippen molar-refractivity contribution < 1.29 is 0 Å². The van der Waals surface area contributed by atoms with Gasteiger partial charge < -0.3 is 4.90 Å². The average molecular weight is 541 g/mol. The first kappa shape index (κ1) is 25.4. The normalized spacial score (nSPS) is 12.9. The number of anilines is 1. The van der Waals surface area contributed by atoms with Gasteiger partial charge in [-0.25, -0.2) is 0 Å². The molecule has 0 radical (unpaired) electrons. The second-order valence-corrected chi connectivity index (χ2v) is 10.3. The van der Waals surface area contributed by atoms with Crippen LogP contribution in [0, 0.1) is 0 Å². The zero-order valence-electron chi connectivity index (χ0n) is 23.0. The van der Waals surface area contributed by atoms with Crippen LogP contribution in [0.15, 0.2) is 159 Å². The Bertz CT molecular complexity index is 1890. The second kappa shape index (κ2) is 11.5. The van der Waals surface area contributed by atoms with Crippen molar-refractivity contribution in [3.05, 3.63) is 170 Å². The fourth-order valence-electron chi connectivity index (χ4n) is 5.41. The smallest absolute Gasteiger partial charge is 0.0482 e. The number of aromatic nitrogens is 3. The van der Waals surface area contributed by atoms with E-state index in [4.69, 9.17) is 0 Å². The van der Waals surface area contributed by atoms with Crippen LogP contribution < -0.4 is 4.90 Å². The van der Waals surface area contributed by atoms with Gasteiger partial charge in [-0.1, -0.05) is 66.7 Å². The third kappa shape index (κ3) is 5.38. The van der Waals surface area contributed by atoms with Crippen LogP contribution in [0.3, 0.4) is 0 Å². The van der Waals surface area contributed by atoms with E-state index in [1.165, 1.54) is 11.1 Å². The van der Waals surface area contributed by atoms with Gasteiger partial charge >= 0.3 is 0 Å². The Morgan fingerprint density at radius 1 is 0.452 bits per heavy atom. The van der Waals surface area contributed by atoms with E-state index in [1.54, 1.807) is 0 Å². The number of allylic oxidation sites excluding steroid dienone is 2. The standard InChI is InChI=1S/C38H28N4/c1-7-28(33-12-4-16-39-23-33)19-30(9-1)36-21-37(31-10-2-8-29(20-31)34-13-5-17-40-24-34)27-42(26-36)38-15-3-11-32(22-38)35-14-6-18-41-25-35/h1-26H,27H2. The number of hydrogen-bond donors (Lipinski definition) is 0. The van der Waals surface area contributed by atoms with Gasteiger partial charge in [-0.3, -0.25) is 15.0 Å². The third-order valence-electron chi connectivity index (χ3n) is 7.56. The molecule has 0 saturated heterocycles. The van der Waals surface area contributed by atoms with E-state index in [1.807, 2.05) is 55.4 Å². The molecule has 0 bridgehead atoms. The Kier molecular flexibility index (Phi) is 6.93. The summed E-state index contributed by atoms with van der Waals surface area (Å²) in [5, 5.41) is 0. The molecule has 0 atom stereocenters. The molecule has 1 aliphatic heterocycles. The van der Waals surface area contributed by atoms with Gasteiger partial charge in [0.15, 0.2) is 0 Å². The molecule has 3 aromatic heterocycles. The van der Waals surface area contributed by atoms with E-state index < -0.39 is 0 Å². The maximum Gasteiger partial charge on any atom is 0.0482 e. The van der Waals surface area contributed by atoms with Gasteiger partial charge in [-0.2, -0.15) is 0 Å². The maximum absolute atomic E-state index is 4.33. The van der Waals surface area contributed by atoms with Gasteiger partial charge in [0.25, 0.3) is 0 Å². The molecule has 4 heterocycles. The first-order chi connectivity index (χ1) is 20.8. The lowest BCUT2D eigenvalue weighted by Crippen LogP contribution is -2.22. The van der Waals surface area contributed by atoms with Crippen molar-refractivity contribution in [1.29, 1.82) is 0 Å². The molecule has 4 heteroatoms. The number of pyridine rings is 3. The molecule has 7 rings (SSSR count). The fourth-order valence-corrected chi connectivity index (χ4v) is 5.41. The minimum atomic E-state index is 0.749. The van der Waals surface area contributed by atoms with Crippen molar-refractivity contribution in [3.8, 4) is 33.4 Å². The van der Waals surface area contributed by atoms with E-state index in [2.05, 4.69) is 123 Å². The van der Waals surface area contributed by atoms with Gasteiger partial charge in [-0.15, -0.1) is 0 Å². The van der Waals surface area contributed by atoms with Crippen molar-refractivity contribution in [2.75, 3.05) is 11.4 Å². The molecule has 0 N–H and O–H groups in total. The minimum absolute atomic E-state index is 0.749. The molecule has 0 spiro atoms. The summed E-state index contributed by atoms with van der Waals surface area (Å²) >= 11 is 0. The van der Waals surface area contributed by atoms with Crippen molar-refractivity contribution >= 4 is 16.8 Å². The maximum atomic E-state index is 4.33. The van der Waals surface area contributed by atoms with Crippen LogP contribution in [0.2, 0.25) is 0 Å². The molecule has 0 fully saturated rings. The molecular formula is C38H28N4. The van der Waals surface area contributed by atoms with Crippen molar-refractivity contribution in [3.63, 3.8) is 0 Å². The highest BCUT2D eigenvalue weighted by Crippen LogP contribution is 2.35. The molecule has 4 nitrogen and oxygen atoms in total. The Morgan fingerprint density at radius 3 is 1.50 bits per heavy atom. The van der Waals surface area contributed by atoms with Gasteiger partial charge in [0.2, 0.25) is 0 Å². The number of nitrogens with zero attached hydrogens (tertiary/aromatic N) is 4. The second-order valence-electron chi connectivity index (χ2n) is 10.3. The summed E-state index contributed by atoms with van der Waals surface area (Å²) in [5.41, 5.74) is 12.6. The van der Waals surface area contributed by atoms with Crippen molar-refractivity contribution in [2.45, 2.75) is 0 Å². The topological polar surface area (TPSA) is 41.9 Å². The van der Waals surface area contributed by atoms with Crippen LogP contribution in [0.5, 0.6) is 0 Å². The van der Waals surface area contributed by atoms with Gasteiger partial charge in [0, 0.05) is 72.3 Å². The van der Waals surface area contributed by atoms with E-state index in [-0.39, 0.29) is 0 Å². The molecule has 1 aliphatic rings. The molecule has 0 aliphatic carbocycles. The summed E-state index contributed by atoms with van der Waals surface area (Å²) in [5.74, 6) is 0. The minimum Gasteiger partial charge on any atom is -0.343 e. The Morgan fingerprint density at radius 2 is 0.929 bits per heavy atom. The SMILES string of the molecule is C1=C(c2cccc(-c3cccnc3)c2)C=C(c2cccc(-c3cccnc3)c2)CN1c1cccc(-c2cccnc2)c1. The lowest BCUT2D eigenvalue weighted by Gasteiger charge is -2.28. The predicted molar refractivity (Wildman–Crippen MR) is 172 cm³/mol. The number of benzene rings is 3. The molecular weight excluding hydrogens is 512 g/mol. The van der Waals surface area contributed by atoms with Gasteiger partial charge in [0.1, 0.15) is 0 Å². The Hall–Kier alpha value is -5.61. The third-order valence-corrected chi connectivity index (χ3v) is 7.56. The van der Waals surface area contributed by atoms with Crippen LogP contribution >= 0.6 is 0 Å². The molecule has 3 aromatic carbocycles. The molecule has 200 valence electrons. The van der Waals surface area contributed by atoms with E-state index in [0.717, 1.165) is 56.7 Å². The van der Waals surface area contributed by atoms with Crippen LogP contribution in [0.1, 0.15) is 11.1 Å². The summed E-state index contributed by atoms with van der Waals surface area (Å²) in [4.78, 5) is 15.3. The summed E-state index contributed by atoms with van der Waals surface area (Å²) in [7, 11) is 0. The zero-order valence-corrected chi connectivity index (χ0v) is 23.0. The van der Waals surface area contributed by atoms with Gasteiger partial charge in [0.05, 0.1) is 0 Å². The molecule has 42 heavy (non-hydrogen) atoms. The van der Waals surface area contributed by atoms with Crippen LogP contribution in [0.25, 0.3) is 44.5 Å². The summed E-state index contributed by atoms with van der Waals surface area (Å²) in [6.07, 6.45) is 15.8. The zero-order chi connectivity index (χ0) is 28.1. The van der Waals surface area contributed by atoms with Crippen LogP contribution in [0.4, 0.5) is 5.69 Å². The van der Waals surface area contributed by atoms with E-state index >= 15 is 0 Å². The van der Waals surface area contributed by atoms with Crippen molar-refractivity contribution in [2.24, 2.45) is 0 Å². The summed E-state index contributed by atoms with van der Waals surface area (Å²) < 4.78 is 0. The molecule has 0 saturated carbocycles. The quantitative estimate of drug-likeness (QED) is 0.212.